The number of nitrogens with one attached hydrogen (secondary N) is 1. The molecule has 2 heterocycles. The molecule has 4 rings (SSSR count). The van der Waals surface area contributed by atoms with Crippen molar-refractivity contribution in [3.63, 3.8) is 0 Å². The lowest BCUT2D eigenvalue weighted by atomic mass is 10.0. The number of hydrogen-bond donors (Lipinski definition) is 1. The zero-order chi connectivity index (χ0) is 19.0. The number of rotatable bonds is 4. The highest BCUT2D eigenvalue weighted by molar-refractivity contribution is 6.04. The topological polar surface area (TPSA) is 63.8 Å². The largest absolute Gasteiger partial charge is 0.459 e. The molecule has 0 unspecified atom stereocenters. The minimum Gasteiger partial charge on any atom is -0.459 e. The fraction of sp³-hybridized carbons (Fsp3) is 0.238. The van der Waals surface area contributed by atoms with Crippen LogP contribution in [0.15, 0.2) is 58.1 Å². The van der Waals surface area contributed by atoms with Crippen LogP contribution in [0.3, 0.4) is 0 Å². The monoisotopic (exact) mass is 366 g/mol. The van der Waals surface area contributed by atoms with Crippen molar-refractivity contribution in [2.24, 2.45) is 5.16 Å². The Morgan fingerprint density at radius 2 is 2.07 bits per heavy atom. The highest BCUT2D eigenvalue weighted by Crippen LogP contribution is 2.29. The maximum Gasteiger partial charge on any atom is 0.264 e. The van der Waals surface area contributed by atoms with Gasteiger partial charge in [0.05, 0.1) is 11.8 Å². The van der Waals surface area contributed by atoms with Crippen molar-refractivity contribution in [1.29, 1.82) is 0 Å². The van der Waals surface area contributed by atoms with Gasteiger partial charge in [-0.1, -0.05) is 35.5 Å². The maximum atomic E-state index is 13.4. The Labute approximate surface area is 155 Å². The first-order chi connectivity index (χ1) is 13.0. The molecule has 6 heteroatoms. The van der Waals surface area contributed by atoms with Crippen LogP contribution in [0, 0.1) is 12.7 Å². The van der Waals surface area contributed by atoms with Gasteiger partial charge in [-0.2, -0.15) is 0 Å². The molecular formula is C21H19FN2O3. The van der Waals surface area contributed by atoms with E-state index in [4.69, 9.17) is 9.25 Å². The predicted octanol–water partition coefficient (Wildman–Crippen LogP) is 4.25. The second kappa shape index (κ2) is 6.87. The van der Waals surface area contributed by atoms with Gasteiger partial charge in [-0.3, -0.25) is 4.79 Å². The first-order valence-electron chi connectivity index (χ1n) is 8.80. The molecule has 138 valence electrons. The Balaban J connectivity index is 1.44. The first kappa shape index (κ1) is 17.3. The molecule has 5 nitrogen and oxygen atoms in total. The Morgan fingerprint density at radius 3 is 2.85 bits per heavy atom. The molecule has 1 aromatic heterocycles. The fourth-order valence-electron chi connectivity index (χ4n) is 3.33. The van der Waals surface area contributed by atoms with E-state index in [1.54, 1.807) is 12.1 Å². The van der Waals surface area contributed by atoms with Crippen molar-refractivity contribution in [1.82, 2.24) is 5.32 Å². The third-order valence-corrected chi connectivity index (χ3v) is 4.75. The number of benzene rings is 2. The molecule has 1 N–H and O–H groups in total. The number of aryl methyl sites for hydroxylation is 1. The van der Waals surface area contributed by atoms with Gasteiger partial charge in [0.2, 0.25) is 6.10 Å². The maximum absolute atomic E-state index is 13.4. The molecule has 3 aromatic rings. The first-order valence-corrected chi connectivity index (χ1v) is 8.80. The highest BCUT2D eigenvalue weighted by Gasteiger charge is 2.30. The summed E-state index contributed by atoms with van der Waals surface area (Å²) in [5.41, 5.74) is 2.97. The average Bonchev–Trinajstić information content (AvgIpc) is 3.28. The van der Waals surface area contributed by atoms with Crippen molar-refractivity contribution >= 4 is 22.6 Å². The third-order valence-electron chi connectivity index (χ3n) is 4.75. The smallest absolute Gasteiger partial charge is 0.264 e. The highest BCUT2D eigenvalue weighted by atomic mass is 19.1. The van der Waals surface area contributed by atoms with Gasteiger partial charge in [-0.05, 0) is 32.0 Å². The average molecular weight is 366 g/mol. The van der Waals surface area contributed by atoms with Crippen LogP contribution in [-0.4, -0.2) is 17.7 Å². The molecule has 1 aliphatic rings. The fourth-order valence-corrected chi connectivity index (χ4v) is 3.33. The van der Waals surface area contributed by atoms with Crippen molar-refractivity contribution < 1.29 is 18.4 Å². The van der Waals surface area contributed by atoms with Crippen molar-refractivity contribution in [2.75, 3.05) is 0 Å². The van der Waals surface area contributed by atoms with Gasteiger partial charge in [0.25, 0.3) is 5.91 Å². The lowest BCUT2D eigenvalue weighted by molar-refractivity contribution is -0.131. The van der Waals surface area contributed by atoms with Crippen LogP contribution in [0.25, 0.3) is 11.0 Å². The molecule has 1 amide bonds. The van der Waals surface area contributed by atoms with E-state index in [9.17, 15) is 9.18 Å². The molecular weight excluding hydrogens is 347 g/mol. The van der Waals surface area contributed by atoms with E-state index in [1.807, 2.05) is 38.1 Å². The summed E-state index contributed by atoms with van der Waals surface area (Å²) in [7, 11) is 0. The minimum atomic E-state index is -0.740. The molecule has 2 atom stereocenters. The number of carbonyl (C=O) groups excluding carboxylic acids is 1. The standard InChI is InChI=1S/C21H19FN2O3/c1-12-16-8-3-4-9-18(16)26-20(12)13(2)23-21(25)19-11-17(24-27-19)14-6-5-7-15(22)10-14/h3-10,13,19H,11H2,1-2H3,(H,23,25)/t13-,19+/m0/s1. The van der Waals surface area contributed by atoms with E-state index in [0.29, 0.717) is 23.5 Å². The zero-order valence-electron chi connectivity index (χ0n) is 15.0. The predicted molar refractivity (Wildman–Crippen MR) is 99.9 cm³/mol. The van der Waals surface area contributed by atoms with Crippen molar-refractivity contribution in [2.45, 2.75) is 32.4 Å². The molecule has 0 aliphatic carbocycles. The van der Waals surface area contributed by atoms with E-state index < -0.39 is 6.10 Å². The Kier molecular flexibility index (Phi) is 4.39. The zero-order valence-corrected chi connectivity index (χ0v) is 15.0. The number of para-hydroxylation sites is 1. The summed E-state index contributed by atoms with van der Waals surface area (Å²) in [6.45, 7) is 3.84. The number of amides is 1. The Hall–Kier alpha value is -3.15. The number of carbonyl (C=O) groups is 1. The number of oxime groups is 1. The summed E-state index contributed by atoms with van der Waals surface area (Å²) in [4.78, 5) is 17.8. The van der Waals surface area contributed by atoms with Crippen molar-refractivity contribution in [3.8, 4) is 0 Å². The normalized spacial score (nSPS) is 17.4. The van der Waals surface area contributed by atoms with E-state index in [2.05, 4.69) is 10.5 Å². The molecule has 0 radical (unpaired) electrons. The van der Waals surface area contributed by atoms with Crippen LogP contribution in [0.5, 0.6) is 0 Å². The van der Waals surface area contributed by atoms with Crippen LogP contribution >= 0.6 is 0 Å². The molecule has 0 saturated heterocycles. The van der Waals surface area contributed by atoms with E-state index >= 15 is 0 Å². The van der Waals surface area contributed by atoms with E-state index in [0.717, 1.165) is 16.5 Å². The second-order valence-corrected chi connectivity index (χ2v) is 6.66. The van der Waals surface area contributed by atoms with Crippen LogP contribution in [0.4, 0.5) is 4.39 Å². The lowest BCUT2D eigenvalue weighted by Crippen LogP contribution is -2.36. The van der Waals surface area contributed by atoms with Gasteiger partial charge in [-0.15, -0.1) is 0 Å². The van der Waals surface area contributed by atoms with Gasteiger partial charge in [0, 0.05) is 22.9 Å². The molecule has 0 saturated carbocycles. The number of halogens is 1. The molecule has 0 bridgehead atoms. The molecule has 2 aromatic carbocycles. The summed E-state index contributed by atoms with van der Waals surface area (Å²) < 4.78 is 19.3. The lowest BCUT2D eigenvalue weighted by Gasteiger charge is -2.15. The minimum absolute atomic E-state index is 0.280. The van der Waals surface area contributed by atoms with Crippen LogP contribution in [-0.2, 0) is 9.63 Å². The number of furan rings is 1. The Morgan fingerprint density at radius 1 is 1.26 bits per heavy atom. The van der Waals surface area contributed by atoms with Crippen LogP contribution in [0.1, 0.15) is 36.3 Å². The summed E-state index contributed by atoms with van der Waals surface area (Å²) in [6, 6.07) is 13.5. The third kappa shape index (κ3) is 3.30. The molecule has 27 heavy (non-hydrogen) atoms. The molecule has 0 spiro atoms. The van der Waals surface area contributed by atoms with Crippen LogP contribution < -0.4 is 5.32 Å². The Bertz CT molecular complexity index is 1040. The van der Waals surface area contributed by atoms with Gasteiger partial charge >= 0.3 is 0 Å². The SMILES string of the molecule is Cc1c([C@H](C)NC(=O)[C@H]2CC(c3cccc(F)c3)=NO2)oc2ccccc12. The quantitative estimate of drug-likeness (QED) is 0.751. The van der Waals surface area contributed by atoms with Gasteiger partial charge in [0.1, 0.15) is 17.2 Å². The summed E-state index contributed by atoms with van der Waals surface area (Å²) in [5, 5.41) is 7.90. The van der Waals surface area contributed by atoms with E-state index in [1.165, 1.54) is 12.1 Å². The second-order valence-electron chi connectivity index (χ2n) is 6.66. The number of fused-ring (bicyclic) bond motifs is 1. The summed E-state index contributed by atoms with van der Waals surface area (Å²) in [6.07, 6.45) is -0.448. The number of hydrogen-bond acceptors (Lipinski definition) is 4. The summed E-state index contributed by atoms with van der Waals surface area (Å²) >= 11 is 0. The van der Waals surface area contributed by atoms with E-state index in [-0.39, 0.29) is 17.8 Å². The number of nitrogens with zero attached hydrogens (tertiary/aromatic N) is 1. The van der Waals surface area contributed by atoms with Gasteiger partial charge < -0.3 is 14.6 Å². The van der Waals surface area contributed by atoms with Crippen molar-refractivity contribution in [3.05, 3.63) is 71.2 Å². The summed E-state index contributed by atoms with van der Waals surface area (Å²) in [5.74, 6) is 0.0865. The van der Waals surface area contributed by atoms with Gasteiger partial charge in [0.15, 0.2) is 0 Å². The molecule has 0 fully saturated rings. The molecule has 1 aliphatic heterocycles. The van der Waals surface area contributed by atoms with Gasteiger partial charge in [-0.25, -0.2) is 4.39 Å². The van der Waals surface area contributed by atoms with Crippen LogP contribution in [0.2, 0.25) is 0 Å².